The molecule has 2 aromatic heterocycles. The maximum absolute atomic E-state index is 12.4. The summed E-state index contributed by atoms with van der Waals surface area (Å²) in [6.07, 6.45) is 0. The van der Waals surface area contributed by atoms with E-state index in [-0.39, 0.29) is 11.8 Å². The van der Waals surface area contributed by atoms with Crippen molar-refractivity contribution in [1.29, 1.82) is 0 Å². The molecule has 0 saturated heterocycles. The molecule has 0 fully saturated rings. The third kappa shape index (κ3) is 5.49. The lowest BCUT2D eigenvalue weighted by Crippen LogP contribution is -2.26. The maximum atomic E-state index is 12.4. The molecule has 0 radical (unpaired) electrons. The number of nitrogens with zero attached hydrogens (tertiary/aromatic N) is 3. The molecule has 2 heterocycles. The molecule has 0 aliphatic carbocycles. The first-order valence-corrected chi connectivity index (χ1v) is 12.8. The van der Waals surface area contributed by atoms with Crippen molar-refractivity contribution < 1.29 is 4.79 Å². The van der Waals surface area contributed by atoms with Gasteiger partial charge in [0.15, 0.2) is 0 Å². The number of aromatic nitrogens is 2. The Morgan fingerprint density at radius 3 is 2.48 bits per heavy atom. The number of thiophene rings is 1. The maximum Gasteiger partial charge on any atom is 0.253 e. The van der Waals surface area contributed by atoms with Crippen LogP contribution in [0.1, 0.15) is 40.6 Å². The molecule has 2 aromatic carbocycles. The van der Waals surface area contributed by atoms with Gasteiger partial charge in [-0.25, -0.2) is 0 Å². The van der Waals surface area contributed by atoms with Crippen molar-refractivity contribution in [3.63, 3.8) is 0 Å². The Labute approximate surface area is 203 Å². The molecule has 1 amide bonds. The number of nitrogens with one attached hydrogen (secondary N) is 1. The SMILES string of the molecule is CCN(C)C(=O)c1ccc(-c2ccc(C(c3ccccc3)C(C)CNc3nncs3)s2)cc1. The summed E-state index contributed by atoms with van der Waals surface area (Å²) in [4.78, 5) is 16.7. The Morgan fingerprint density at radius 1 is 1.06 bits per heavy atom. The highest BCUT2D eigenvalue weighted by atomic mass is 32.1. The Morgan fingerprint density at radius 2 is 1.82 bits per heavy atom. The first-order chi connectivity index (χ1) is 16.1. The third-order valence-corrected chi connectivity index (χ3v) is 7.70. The van der Waals surface area contributed by atoms with E-state index in [0.29, 0.717) is 12.5 Å². The molecule has 0 spiro atoms. The lowest BCUT2D eigenvalue weighted by molar-refractivity contribution is 0.0802. The second-order valence-electron chi connectivity index (χ2n) is 8.09. The minimum Gasteiger partial charge on any atom is -0.360 e. The van der Waals surface area contributed by atoms with Crippen molar-refractivity contribution in [2.45, 2.75) is 19.8 Å². The number of carbonyl (C=O) groups excluding carboxylic acids is 1. The quantitative estimate of drug-likeness (QED) is 0.311. The van der Waals surface area contributed by atoms with Crippen LogP contribution in [-0.4, -0.2) is 41.1 Å². The second kappa shape index (κ2) is 10.7. The monoisotopic (exact) mass is 476 g/mol. The number of anilines is 1. The minimum absolute atomic E-state index is 0.0526. The van der Waals surface area contributed by atoms with Gasteiger partial charge in [-0.1, -0.05) is 60.7 Å². The summed E-state index contributed by atoms with van der Waals surface area (Å²) >= 11 is 3.34. The van der Waals surface area contributed by atoms with Crippen LogP contribution in [0.15, 0.2) is 72.2 Å². The van der Waals surface area contributed by atoms with E-state index >= 15 is 0 Å². The second-order valence-corrected chi connectivity index (χ2v) is 10.0. The zero-order valence-electron chi connectivity index (χ0n) is 19.1. The zero-order valence-corrected chi connectivity index (χ0v) is 20.7. The molecule has 0 aliphatic rings. The molecular formula is C26H28N4OS2. The zero-order chi connectivity index (χ0) is 23.2. The average Bonchev–Trinajstić information content (AvgIpc) is 3.55. The van der Waals surface area contributed by atoms with E-state index < -0.39 is 0 Å². The first kappa shape index (κ1) is 23.1. The lowest BCUT2D eigenvalue weighted by Gasteiger charge is -2.24. The summed E-state index contributed by atoms with van der Waals surface area (Å²) in [5.74, 6) is 0.675. The first-order valence-electron chi connectivity index (χ1n) is 11.1. The third-order valence-electron chi connectivity index (χ3n) is 5.83. The molecule has 0 saturated carbocycles. The van der Waals surface area contributed by atoms with E-state index in [0.717, 1.165) is 22.8 Å². The highest BCUT2D eigenvalue weighted by Crippen LogP contribution is 2.39. The Bertz CT molecular complexity index is 1160. The molecule has 5 nitrogen and oxygen atoms in total. The summed E-state index contributed by atoms with van der Waals surface area (Å²) in [6.45, 7) is 5.76. The van der Waals surface area contributed by atoms with Crippen molar-refractivity contribution >= 4 is 33.7 Å². The molecule has 0 bridgehead atoms. The fourth-order valence-corrected chi connectivity index (χ4v) is 5.60. The van der Waals surface area contributed by atoms with Gasteiger partial charge in [0.25, 0.3) is 5.91 Å². The summed E-state index contributed by atoms with van der Waals surface area (Å²) in [5, 5.41) is 12.3. The molecule has 4 aromatic rings. The van der Waals surface area contributed by atoms with Gasteiger partial charge in [0.05, 0.1) is 0 Å². The van der Waals surface area contributed by atoms with Gasteiger partial charge in [-0.3, -0.25) is 4.79 Å². The van der Waals surface area contributed by atoms with Crippen LogP contribution in [0.25, 0.3) is 10.4 Å². The van der Waals surface area contributed by atoms with Gasteiger partial charge >= 0.3 is 0 Å². The molecule has 0 aliphatic heterocycles. The van der Waals surface area contributed by atoms with E-state index in [1.807, 2.05) is 49.6 Å². The molecule has 2 unspecified atom stereocenters. The molecule has 2 atom stereocenters. The Hall–Kier alpha value is -3.03. The molecule has 33 heavy (non-hydrogen) atoms. The predicted molar refractivity (Wildman–Crippen MR) is 138 cm³/mol. The minimum atomic E-state index is 0.0526. The van der Waals surface area contributed by atoms with E-state index in [9.17, 15) is 4.79 Å². The number of rotatable bonds is 9. The van der Waals surface area contributed by atoms with Crippen molar-refractivity contribution in [3.05, 3.63) is 88.2 Å². The van der Waals surface area contributed by atoms with E-state index in [2.05, 4.69) is 64.9 Å². The summed E-state index contributed by atoms with van der Waals surface area (Å²) in [6, 6.07) is 23.0. The largest absolute Gasteiger partial charge is 0.360 e. The van der Waals surface area contributed by atoms with Crippen LogP contribution in [0.5, 0.6) is 0 Å². The predicted octanol–water partition coefficient (Wildman–Crippen LogP) is 6.24. The highest BCUT2D eigenvalue weighted by molar-refractivity contribution is 7.15. The van der Waals surface area contributed by atoms with E-state index in [4.69, 9.17) is 0 Å². The van der Waals surface area contributed by atoms with Crippen LogP contribution in [0, 0.1) is 5.92 Å². The van der Waals surface area contributed by atoms with Gasteiger partial charge < -0.3 is 10.2 Å². The van der Waals surface area contributed by atoms with Gasteiger partial charge in [-0.05, 0) is 48.2 Å². The van der Waals surface area contributed by atoms with Crippen LogP contribution in [0.2, 0.25) is 0 Å². The Balaban J connectivity index is 1.56. The molecule has 1 N–H and O–H groups in total. The highest BCUT2D eigenvalue weighted by Gasteiger charge is 2.23. The van der Waals surface area contributed by atoms with Crippen LogP contribution >= 0.6 is 22.7 Å². The molecule has 7 heteroatoms. The van der Waals surface area contributed by atoms with Crippen molar-refractivity contribution in [2.24, 2.45) is 5.92 Å². The van der Waals surface area contributed by atoms with Crippen molar-refractivity contribution in [1.82, 2.24) is 15.1 Å². The number of hydrogen-bond acceptors (Lipinski definition) is 6. The number of benzene rings is 2. The summed E-state index contributed by atoms with van der Waals surface area (Å²) in [5.41, 5.74) is 4.90. The number of amides is 1. The standard InChI is InChI=1S/C26H28N4OS2/c1-4-30(3)25(31)21-12-10-19(11-13-21)22-14-15-23(33-22)24(20-8-6-5-7-9-20)18(2)16-27-26-29-28-17-32-26/h5-15,17-18,24H,4,16H2,1-3H3,(H,27,29). The van der Waals surface area contributed by atoms with Gasteiger partial charge in [-0.15, -0.1) is 21.5 Å². The van der Waals surface area contributed by atoms with Crippen LogP contribution < -0.4 is 5.32 Å². The van der Waals surface area contributed by atoms with Crippen LogP contribution in [0.4, 0.5) is 5.13 Å². The van der Waals surface area contributed by atoms with Gasteiger partial charge in [-0.2, -0.15) is 0 Å². The van der Waals surface area contributed by atoms with Crippen LogP contribution in [-0.2, 0) is 0 Å². The van der Waals surface area contributed by atoms with E-state index in [1.54, 1.807) is 10.4 Å². The van der Waals surface area contributed by atoms with Crippen molar-refractivity contribution in [2.75, 3.05) is 25.5 Å². The average molecular weight is 477 g/mol. The van der Waals surface area contributed by atoms with Gasteiger partial charge in [0, 0.05) is 41.4 Å². The van der Waals surface area contributed by atoms with E-state index in [1.165, 1.54) is 26.7 Å². The molecular weight excluding hydrogens is 448 g/mol. The summed E-state index contributed by atoms with van der Waals surface area (Å²) in [7, 11) is 1.83. The molecule has 170 valence electrons. The van der Waals surface area contributed by atoms with Crippen molar-refractivity contribution in [3.8, 4) is 10.4 Å². The van der Waals surface area contributed by atoms with Crippen LogP contribution in [0.3, 0.4) is 0 Å². The van der Waals surface area contributed by atoms with Gasteiger partial charge in [0.1, 0.15) is 5.51 Å². The smallest absolute Gasteiger partial charge is 0.253 e. The summed E-state index contributed by atoms with van der Waals surface area (Å²) < 4.78 is 0. The fraction of sp³-hybridized carbons (Fsp3) is 0.269. The fourth-order valence-electron chi connectivity index (χ4n) is 3.87. The lowest BCUT2D eigenvalue weighted by atomic mass is 9.86. The normalized spacial score (nSPS) is 12.8. The molecule has 4 rings (SSSR count). The number of hydrogen-bond donors (Lipinski definition) is 1. The van der Waals surface area contributed by atoms with Gasteiger partial charge in [0.2, 0.25) is 5.13 Å². The number of carbonyl (C=O) groups is 1. The topological polar surface area (TPSA) is 58.1 Å². The Kier molecular flexibility index (Phi) is 7.52.